The average molecular weight is 400 g/mol. The SMILES string of the molecule is COc1cc(OC)c(OC)cc1CNC(=O)COc1ccc(Cl)cc1Cl. The zero-order valence-electron chi connectivity index (χ0n) is 14.6. The number of nitrogens with one attached hydrogen (secondary N) is 1. The zero-order chi connectivity index (χ0) is 19.1. The number of carbonyl (C=O) groups is 1. The number of carbonyl (C=O) groups excluding carboxylic acids is 1. The van der Waals surface area contributed by atoms with E-state index in [1.807, 2.05) is 0 Å². The lowest BCUT2D eigenvalue weighted by molar-refractivity contribution is -0.123. The van der Waals surface area contributed by atoms with Gasteiger partial charge >= 0.3 is 0 Å². The molecular formula is C18H19Cl2NO5. The molecule has 0 radical (unpaired) electrons. The Balaban J connectivity index is 1.98. The lowest BCUT2D eigenvalue weighted by Gasteiger charge is -2.15. The summed E-state index contributed by atoms with van der Waals surface area (Å²) in [6.07, 6.45) is 0. The van der Waals surface area contributed by atoms with Crippen molar-refractivity contribution in [2.45, 2.75) is 6.54 Å². The molecule has 0 aliphatic carbocycles. The molecular weight excluding hydrogens is 381 g/mol. The summed E-state index contributed by atoms with van der Waals surface area (Å²) in [5.74, 6) is 1.73. The minimum Gasteiger partial charge on any atom is -0.496 e. The van der Waals surface area contributed by atoms with Crippen LogP contribution in [0.4, 0.5) is 0 Å². The van der Waals surface area contributed by atoms with E-state index in [4.69, 9.17) is 42.1 Å². The molecule has 2 rings (SSSR count). The number of methoxy groups -OCH3 is 3. The number of hydrogen-bond acceptors (Lipinski definition) is 5. The third-order valence-corrected chi connectivity index (χ3v) is 4.05. The molecule has 2 aromatic carbocycles. The molecule has 0 spiro atoms. The lowest BCUT2D eigenvalue weighted by Crippen LogP contribution is -2.28. The van der Waals surface area contributed by atoms with Gasteiger partial charge in [-0.2, -0.15) is 0 Å². The first-order valence-electron chi connectivity index (χ1n) is 7.62. The van der Waals surface area contributed by atoms with Gasteiger partial charge in [-0.05, 0) is 24.3 Å². The maximum atomic E-state index is 12.0. The summed E-state index contributed by atoms with van der Waals surface area (Å²) in [6.45, 7) is 0.0526. The smallest absolute Gasteiger partial charge is 0.258 e. The maximum Gasteiger partial charge on any atom is 0.258 e. The largest absolute Gasteiger partial charge is 0.496 e. The van der Waals surface area contributed by atoms with Gasteiger partial charge in [0.1, 0.15) is 11.5 Å². The summed E-state index contributed by atoms with van der Waals surface area (Å²) >= 11 is 11.8. The van der Waals surface area contributed by atoms with Gasteiger partial charge in [-0.1, -0.05) is 23.2 Å². The summed E-state index contributed by atoms with van der Waals surface area (Å²) in [5.41, 5.74) is 0.739. The minimum atomic E-state index is -0.312. The van der Waals surface area contributed by atoms with Crippen molar-refractivity contribution in [1.29, 1.82) is 0 Å². The van der Waals surface area contributed by atoms with Gasteiger partial charge in [-0.25, -0.2) is 0 Å². The van der Waals surface area contributed by atoms with E-state index in [2.05, 4.69) is 5.32 Å². The summed E-state index contributed by atoms with van der Waals surface area (Å²) in [7, 11) is 4.62. The quantitative estimate of drug-likeness (QED) is 0.732. The fraction of sp³-hybridized carbons (Fsp3) is 0.278. The molecule has 0 atom stereocenters. The zero-order valence-corrected chi connectivity index (χ0v) is 16.1. The van der Waals surface area contributed by atoms with Crippen LogP contribution in [0.1, 0.15) is 5.56 Å². The summed E-state index contributed by atoms with van der Waals surface area (Å²) in [6, 6.07) is 8.23. The first kappa shape index (κ1) is 20.0. The number of rotatable bonds is 8. The van der Waals surface area contributed by atoms with Crippen molar-refractivity contribution >= 4 is 29.1 Å². The van der Waals surface area contributed by atoms with Crippen molar-refractivity contribution in [3.63, 3.8) is 0 Å². The van der Waals surface area contributed by atoms with Crippen LogP contribution in [-0.4, -0.2) is 33.8 Å². The molecule has 1 amide bonds. The summed E-state index contributed by atoms with van der Waals surface area (Å²) in [5, 5.41) is 3.59. The van der Waals surface area contributed by atoms with Crippen LogP contribution in [0.15, 0.2) is 30.3 Å². The van der Waals surface area contributed by atoms with Crippen molar-refractivity contribution in [3.8, 4) is 23.0 Å². The molecule has 1 N–H and O–H groups in total. The van der Waals surface area contributed by atoms with Gasteiger partial charge in [0.2, 0.25) is 0 Å². The molecule has 2 aromatic rings. The average Bonchev–Trinajstić information content (AvgIpc) is 2.64. The van der Waals surface area contributed by atoms with Gasteiger partial charge in [-0.3, -0.25) is 4.79 Å². The second kappa shape index (κ2) is 9.40. The van der Waals surface area contributed by atoms with E-state index in [-0.39, 0.29) is 19.1 Å². The van der Waals surface area contributed by atoms with Crippen LogP contribution in [0.2, 0.25) is 10.0 Å². The highest BCUT2D eigenvalue weighted by atomic mass is 35.5. The molecule has 26 heavy (non-hydrogen) atoms. The summed E-state index contributed by atoms with van der Waals surface area (Å²) < 4.78 is 21.2. The summed E-state index contributed by atoms with van der Waals surface area (Å²) in [4.78, 5) is 12.0. The van der Waals surface area contributed by atoms with E-state index in [0.29, 0.717) is 33.0 Å². The molecule has 6 nitrogen and oxygen atoms in total. The second-order valence-electron chi connectivity index (χ2n) is 5.16. The molecule has 0 aromatic heterocycles. The van der Waals surface area contributed by atoms with E-state index in [1.165, 1.54) is 21.3 Å². The van der Waals surface area contributed by atoms with Gasteiger partial charge in [0.25, 0.3) is 5.91 Å². The van der Waals surface area contributed by atoms with Crippen molar-refractivity contribution in [2.75, 3.05) is 27.9 Å². The first-order chi connectivity index (χ1) is 12.5. The minimum absolute atomic E-state index is 0.184. The van der Waals surface area contributed by atoms with Gasteiger partial charge < -0.3 is 24.3 Å². The first-order valence-corrected chi connectivity index (χ1v) is 8.37. The maximum absolute atomic E-state index is 12.0. The van der Waals surface area contributed by atoms with Crippen LogP contribution in [0, 0.1) is 0 Å². The Morgan fingerprint density at radius 3 is 2.19 bits per heavy atom. The van der Waals surface area contributed by atoms with Gasteiger partial charge in [0.15, 0.2) is 18.1 Å². The number of amides is 1. The third-order valence-electron chi connectivity index (χ3n) is 3.52. The Hall–Kier alpha value is -2.31. The monoisotopic (exact) mass is 399 g/mol. The Bertz CT molecular complexity index is 782. The van der Waals surface area contributed by atoms with E-state index >= 15 is 0 Å². The van der Waals surface area contributed by atoms with Crippen molar-refractivity contribution in [1.82, 2.24) is 5.32 Å². The molecule has 0 aliphatic heterocycles. The number of benzene rings is 2. The van der Waals surface area contributed by atoms with Crippen molar-refractivity contribution in [2.24, 2.45) is 0 Å². The molecule has 8 heteroatoms. The fourth-order valence-electron chi connectivity index (χ4n) is 2.21. The second-order valence-corrected chi connectivity index (χ2v) is 6.00. The molecule has 0 heterocycles. The van der Waals surface area contributed by atoms with Crippen molar-refractivity contribution < 1.29 is 23.7 Å². The van der Waals surface area contributed by atoms with E-state index in [1.54, 1.807) is 30.3 Å². The molecule has 140 valence electrons. The number of hydrogen-bond donors (Lipinski definition) is 1. The normalized spacial score (nSPS) is 10.2. The Labute approximate surface area is 161 Å². The molecule has 0 unspecified atom stereocenters. The predicted molar refractivity (Wildman–Crippen MR) is 99.9 cm³/mol. The highest BCUT2D eigenvalue weighted by Crippen LogP contribution is 2.34. The van der Waals surface area contributed by atoms with Gasteiger partial charge in [-0.15, -0.1) is 0 Å². The van der Waals surface area contributed by atoms with Crippen LogP contribution >= 0.6 is 23.2 Å². The number of halogens is 2. The van der Waals surface area contributed by atoms with E-state index < -0.39 is 0 Å². The molecule has 0 saturated heterocycles. The molecule has 0 fully saturated rings. The Morgan fingerprint density at radius 1 is 0.923 bits per heavy atom. The fourth-order valence-corrected chi connectivity index (χ4v) is 2.67. The van der Waals surface area contributed by atoms with Crippen LogP contribution in [0.25, 0.3) is 0 Å². The van der Waals surface area contributed by atoms with Crippen LogP contribution in [0.5, 0.6) is 23.0 Å². The topological polar surface area (TPSA) is 66.0 Å². The van der Waals surface area contributed by atoms with E-state index in [0.717, 1.165) is 5.56 Å². The van der Waals surface area contributed by atoms with Gasteiger partial charge in [0, 0.05) is 23.2 Å². The van der Waals surface area contributed by atoms with Crippen LogP contribution in [-0.2, 0) is 11.3 Å². The molecule has 0 saturated carbocycles. The van der Waals surface area contributed by atoms with E-state index in [9.17, 15) is 4.79 Å². The predicted octanol–water partition coefficient (Wildman–Crippen LogP) is 3.71. The van der Waals surface area contributed by atoms with Crippen molar-refractivity contribution in [3.05, 3.63) is 45.9 Å². The van der Waals surface area contributed by atoms with Crippen LogP contribution in [0.3, 0.4) is 0 Å². The van der Waals surface area contributed by atoms with Gasteiger partial charge in [0.05, 0.1) is 26.4 Å². The highest BCUT2D eigenvalue weighted by molar-refractivity contribution is 6.35. The lowest BCUT2D eigenvalue weighted by atomic mass is 10.1. The molecule has 0 bridgehead atoms. The number of ether oxygens (including phenoxy) is 4. The molecule has 0 aliphatic rings. The Kier molecular flexibility index (Phi) is 7.24. The van der Waals surface area contributed by atoms with Crippen LogP contribution < -0.4 is 24.3 Å². The Morgan fingerprint density at radius 2 is 1.58 bits per heavy atom. The standard InChI is InChI=1S/C18H19Cl2NO5/c1-23-15-8-17(25-3)16(24-2)6-11(15)9-21-18(22)10-26-14-5-4-12(19)7-13(14)20/h4-8H,9-10H2,1-3H3,(H,21,22). The highest BCUT2D eigenvalue weighted by Gasteiger charge is 2.13. The third kappa shape index (κ3) is 5.09.